The number of carbonyl (C=O) groups excluding carboxylic acids is 2. The minimum absolute atomic E-state index is 0.0647. The van der Waals surface area contributed by atoms with E-state index in [1.807, 2.05) is 24.3 Å². The van der Waals surface area contributed by atoms with Crippen molar-refractivity contribution >= 4 is 39.9 Å². The molecule has 3 aromatic carbocycles. The summed E-state index contributed by atoms with van der Waals surface area (Å²) in [6.07, 6.45) is 0. The third-order valence-corrected chi connectivity index (χ3v) is 4.28. The van der Waals surface area contributed by atoms with E-state index in [0.717, 1.165) is 10.8 Å². The van der Waals surface area contributed by atoms with Crippen LogP contribution in [0.2, 0.25) is 0 Å². The third-order valence-electron chi connectivity index (χ3n) is 4.08. The van der Waals surface area contributed by atoms with E-state index in [1.165, 1.54) is 13.2 Å². The second-order valence-corrected chi connectivity index (χ2v) is 6.52. The Morgan fingerprint density at radius 2 is 1.60 bits per heavy atom. The molecule has 0 saturated heterocycles. The summed E-state index contributed by atoms with van der Waals surface area (Å²) in [4.78, 5) is 24.3. The smallest absolute Gasteiger partial charge is 0.273 e. The molecule has 2 amide bonds. The van der Waals surface area contributed by atoms with Gasteiger partial charge in [-0.2, -0.15) is 0 Å². The summed E-state index contributed by atoms with van der Waals surface area (Å²) >= 11 is 4.99. The van der Waals surface area contributed by atoms with Crippen LogP contribution in [0.5, 0.6) is 17.2 Å². The second-order valence-electron chi connectivity index (χ2n) is 6.11. The molecule has 0 radical (unpaired) electrons. The molecule has 0 aliphatic rings. The van der Waals surface area contributed by atoms with Crippen molar-refractivity contribution in [3.8, 4) is 17.2 Å². The van der Waals surface area contributed by atoms with Crippen LogP contribution in [0.3, 0.4) is 0 Å². The number of fused-ring (bicyclic) bond motifs is 1. The molecule has 0 heterocycles. The summed E-state index contributed by atoms with van der Waals surface area (Å²) in [5.41, 5.74) is 4.82. The van der Waals surface area contributed by atoms with Crippen LogP contribution in [0.25, 0.3) is 10.8 Å². The van der Waals surface area contributed by atoms with Gasteiger partial charge in [-0.05, 0) is 47.3 Å². The number of carbonyl (C=O) groups is 2. The van der Waals surface area contributed by atoms with E-state index in [-0.39, 0.29) is 23.0 Å². The second kappa shape index (κ2) is 9.57. The van der Waals surface area contributed by atoms with Gasteiger partial charge in [0.05, 0.1) is 12.7 Å². The van der Waals surface area contributed by atoms with E-state index in [4.69, 9.17) is 21.7 Å². The summed E-state index contributed by atoms with van der Waals surface area (Å²) in [7, 11) is 1.50. The summed E-state index contributed by atoms with van der Waals surface area (Å²) in [5, 5.41) is 13.9. The number of rotatable bonds is 5. The number of benzene rings is 3. The number of methoxy groups -OCH3 is 1. The van der Waals surface area contributed by atoms with Crippen molar-refractivity contribution in [2.45, 2.75) is 0 Å². The van der Waals surface area contributed by atoms with Crippen LogP contribution in [0.1, 0.15) is 10.4 Å². The summed E-state index contributed by atoms with van der Waals surface area (Å²) in [6, 6.07) is 17.3. The molecule has 0 aliphatic carbocycles. The zero-order valence-corrected chi connectivity index (χ0v) is 16.8. The molecule has 0 unspecified atom stereocenters. The van der Waals surface area contributed by atoms with Crippen molar-refractivity contribution in [2.75, 3.05) is 13.7 Å². The standard InChI is InChI=1S/C21H19N3O5S/c1-28-17-8-4-5-9-18(17)29-12-19(26)22-21(30)24-23-20(27)15-10-13-6-2-3-7-14(13)11-16(15)25/h2-11,25H,12H2,1H3,(H,23,27)(H2,22,24,26,30). The van der Waals surface area contributed by atoms with Crippen LogP contribution in [-0.2, 0) is 4.79 Å². The highest BCUT2D eigenvalue weighted by Crippen LogP contribution is 2.26. The first-order valence-corrected chi connectivity index (χ1v) is 9.26. The monoisotopic (exact) mass is 425 g/mol. The first-order valence-electron chi connectivity index (χ1n) is 8.85. The van der Waals surface area contributed by atoms with Gasteiger partial charge in [-0.1, -0.05) is 36.4 Å². The molecule has 8 nitrogen and oxygen atoms in total. The number of hydrogen-bond acceptors (Lipinski definition) is 6. The van der Waals surface area contributed by atoms with Gasteiger partial charge in [0.15, 0.2) is 23.2 Å². The molecule has 0 spiro atoms. The number of thiocarbonyl (C=S) groups is 1. The van der Waals surface area contributed by atoms with Gasteiger partial charge in [-0.25, -0.2) is 0 Å². The van der Waals surface area contributed by atoms with Crippen LogP contribution in [0.4, 0.5) is 0 Å². The number of hydrogen-bond donors (Lipinski definition) is 4. The average molecular weight is 425 g/mol. The number of phenols is 1. The number of amides is 2. The van der Waals surface area contributed by atoms with Crippen molar-refractivity contribution < 1.29 is 24.2 Å². The summed E-state index contributed by atoms with van der Waals surface area (Å²) in [5.74, 6) is -0.405. The topological polar surface area (TPSA) is 109 Å². The normalized spacial score (nSPS) is 10.2. The molecule has 3 aromatic rings. The summed E-state index contributed by atoms with van der Waals surface area (Å²) in [6.45, 7) is -0.304. The van der Waals surface area contributed by atoms with E-state index in [2.05, 4.69) is 16.2 Å². The fraction of sp³-hybridized carbons (Fsp3) is 0.0952. The van der Waals surface area contributed by atoms with Crippen molar-refractivity contribution in [1.29, 1.82) is 0 Å². The first kappa shape index (κ1) is 20.9. The lowest BCUT2D eigenvalue weighted by molar-refractivity contribution is -0.121. The molecule has 0 bridgehead atoms. The predicted octanol–water partition coefficient (Wildman–Crippen LogP) is 2.27. The van der Waals surface area contributed by atoms with Gasteiger partial charge in [0, 0.05) is 0 Å². The Balaban J connectivity index is 1.51. The highest BCUT2D eigenvalue weighted by molar-refractivity contribution is 7.80. The number of hydrazine groups is 1. The van der Waals surface area contributed by atoms with Gasteiger partial charge in [0.2, 0.25) is 0 Å². The lowest BCUT2D eigenvalue weighted by Crippen LogP contribution is -2.49. The Morgan fingerprint density at radius 1 is 0.967 bits per heavy atom. The molecule has 0 atom stereocenters. The van der Waals surface area contributed by atoms with Crippen LogP contribution < -0.4 is 25.6 Å². The Kier molecular flexibility index (Phi) is 6.66. The molecule has 4 N–H and O–H groups in total. The van der Waals surface area contributed by atoms with E-state index in [0.29, 0.717) is 11.5 Å². The van der Waals surface area contributed by atoms with Crippen LogP contribution in [-0.4, -0.2) is 35.8 Å². The maximum absolute atomic E-state index is 12.3. The molecular weight excluding hydrogens is 406 g/mol. The number of ether oxygens (including phenoxy) is 2. The summed E-state index contributed by atoms with van der Waals surface area (Å²) < 4.78 is 10.5. The minimum Gasteiger partial charge on any atom is -0.507 e. The maximum Gasteiger partial charge on any atom is 0.273 e. The van der Waals surface area contributed by atoms with E-state index < -0.39 is 11.8 Å². The zero-order chi connectivity index (χ0) is 21.5. The van der Waals surface area contributed by atoms with Gasteiger partial charge < -0.3 is 14.6 Å². The Morgan fingerprint density at radius 3 is 2.30 bits per heavy atom. The Labute approximate surface area is 177 Å². The number of nitrogens with one attached hydrogen (secondary N) is 3. The van der Waals surface area contributed by atoms with Crippen LogP contribution in [0, 0.1) is 0 Å². The van der Waals surface area contributed by atoms with Crippen LogP contribution >= 0.6 is 12.2 Å². The van der Waals surface area contributed by atoms with Crippen LogP contribution in [0.15, 0.2) is 60.7 Å². The van der Waals surface area contributed by atoms with Gasteiger partial charge in [0.25, 0.3) is 11.8 Å². The number of para-hydroxylation sites is 2. The molecule has 0 aliphatic heterocycles. The highest BCUT2D eigenvalue weighted by atomic mass is 32.1. The van der Waals surface area contributed by atoms with E-state index in [9.17, 15) is 14.7 Å². The average Bonchev–Trinajstić information content (AvgIpc) is 2.75. The molecular formula is C21H19N3O5S. The molecule has 3 rings (SSSR count). The first-order chi connectivity index (χ1) is 14.5. The maximum atomic E-state index is 12.3. The molecule has 0 aromatic heterocycles. The molecule has 9 heteroatoms. The molecule has 30 heavy (non-hydrogen) atoms. The van der Waals surface area contributed by atoms with Gasteiger partial charge in [-0.3, -0.25) is 25.8 Å². The fourth-order valence-electron chi connectivity index (χ4n) is 2.67. The van der Waals surface area contributed by atoms with Gasteiger partial charge >= 0.3 is 0 Å². The van der Waals surface area contributed by atoms with Crippen molar-refractivity contribution in [1.82, 2.24) is 16.2 Å². The Hall–Kier alpha value is -3.85. The molecule has 0 fully saturated rings. The predicted molar refractivity (Wildman–Crippen MR) is 115 cm³/mol. The molecule has 0 saturated carbocycles. The largest absolute Gasteiger partial charge is 0.507 e. The lowest BCUT2D eigenvalue weighted by Gasteiger charge is -2.13. The van der Waals surface area contributed by atoms with Crippen molar-refractivity contribution in [2.24, 2.45) is 0 Å². The van der Waals surface area contributed by atoms with E-state index in [1.54, 1.807) is 30.3 Å². The van der Waals surface area contributed by atoms with Crippen molar-refractivity contribution in [3.05, 3.63) is 66.2 Å². The fourth-order valence-corrected chi connectivity index (χ4v) is 2.83. The van der Waals surface area contributed by atoms with E-state index >= 15 is 0 Å². The lowest BCUT2D eigenvalue weighted by atomic mass is 10.1. The zero-order valence-electron chi connectivity index (χ0n) is 16.0. The number of aromatic hydroxyl groups is 1. The van der Waals surface area contributed by atoms with Gasteiger partial charge in [0.1, 0.15) is 5.75 Å². The SMILES string of the molecule is COc1ccccc1OCC(=O)NC(=S)NNC(=O)c1cc2ccccc2cc1O. The third kappa shape index (κ3) is 5.15. The number of phenolic OH excluding ortho intramolecular Hbond substituents is 1. The highest BCUT2D eigenvalue weighted by Gasteiger charge is 2.14. The molecule has 154 valence electrons. The minimum atomic E-state index is -0.611. The van der Waals surface area contributed by atoms with Gasteiger partial charge in [-0.15, -0.1) is 0 Å². The Bertz CT molecular complexity index is 1100. The quantitative estimate of drug-likeness (QED) is 0.367. The van der Waals surface area contributed by atoms with Crippen molar-refractivity contribution in [3.63, 3.8) is 0 Å².